The lowest BCUT2D eigenvalue weighted by Gasteiger charge is -2.36. The van der Waals surface area contributed by atoms with E-state index >= 15 is 0 Å². The van der Waals surface area contributed by atoms with Crippen molar-refractivity contribution in [2.24, 2.45) is 0 Å². The number of nitrogens with zero attached hydrogens (tertiary/aromatic N) is 2. The summed E-state index contributed by atoms with van der Waals surface area (Å²) in [6.07, 6.45) is 0.629. The Morgan fingerprint density at radius 3 is 2.75 bits per heavy atom. The van der Waals surface area contributed by atoms with E-state index in [9.17, 15) is 4.79 Å². The molecule has 0 aliphatic carbocycles. The van der Waals surface area contributed by atoms with Gasteiger partial charge >= 0.3 is 6.09 Å². The van der Waals surface area contributed by atoms with Crippen molar-refractivity contribution in [1.82, 2.24) is 9.88 Å². The number of rotatable bonds is 6. The Morgan fingerprint density at radius 1 is 1.25 bits per heavy atom. The first-order chi connectivity index (χ1) is 11.7. The van der Waals surface area contributed by atoms with Gasteiger partial charge in [-0.25, -0.2) is 9.78 Å². The van der Waals surface area contributed by atoms with Gasteiger partial charge in [-0.2, -0.15) is 0 Å². The van der Waals surface area contributed by atoms with Crippen molar-refractivity contribution in [3.63, 3.8) is 0 Å². The van der Waals surface area contributed by atoms with Gasteiger partial charge in [-0.15, -0.1) is 0 Å². The molecule has 0 unspecified atom stereocenters. The lowest BCUT2D eigenvalue weighted by atomic mass is 10.1. The van der Waals surface area contributed by atoms with E-state index < -0.39 is 6.09 Å². The summed E-state index contributed by atoms with van der Waals surface area (Å²) >= 11 is 0. The van der Waals surface area contributed by atoms with Gasteiger partial charge in [-0.1, -0.05) is 12.1 Å². The van der Waals surface area contributed by atoms with Crippen LogP contribution in [0.5, 0.6) is 11.6 Å². The molecule has 7 nitrogen and oxygen atoms in total. The third kappa shape index (κ3) is 3.75. The van der Waals surface area contributed by atoms with Crippen LogP contribution in [0.2, 0.25) is 0 Å². The van der Waals surface area contributed by atoms with E-state index in [1.807, 2.05) is 30.3 Å². The van der Waals surface area contributed by atoms with Crippen LogP contribution in [-0.4, -0.2) is 58.6 Å². The highest BCUT2D eigenvalue weighted by Gasteiger charge is 2.32. The molecule has 0 saturated carbocycles. The molecular weight excluding hydrogens is 312 g/mol. The lowest BCUT2D eigenvalue weighted by molar-refractivity contribution is 0.0228. The second-order valence-electron chi connectivity index (χ2n) is 5.41. The number of likely N-dealkylation sites (tertiary alicyclic amines) is 1. The Bertz CT molecular complexity index is 698. The van der Waals surface area contributed by atoms with E-state index in [1.165, 1.54) is 4.90 Å². The van der Waals surface area contributed by atoms with Crippen LogP contribution in [0.25, 0.3) is 11.1 Å². The Morgan fingerprint density at radius 2 is 2.08 bits per heavy atom. The molecule has 0 atom stereocenters. The Hall–Kier alpha value is -2.80. The summed E-state index contributed by atoms with van der Waals surface area (Å²) in [6, 6.07) is 11.2. The maximum absolute atomic E-state index is 10.7. The molecule has 2 N–H and O–H groups in total. The zero-order valence-corrected chi connectivity index (χ0v) is 13.0. The molecular formula is C17H18N2O5. The van der Waals surface area contributed by atoms with Crippen molar-refractivity contribution in [3.8, 4) is 22.8 Å². The number of amides is 1. The summed E-state index contributed by atoms with van der Waals surface area (Å²) in [5.41, 5.74) is 1.86. The van der Waals surface area contributed by atoms with Gasteiger partial charge in [-0.3, -0.25) is 0 Å². The van der Waals surface area contributed by atoms with Crippen LogP contribution in [0.1, 0.15) is 0 Å². The number of benzene rings is 1. The molecule has 2 heterocycles. The second kappa shape index (κ2) is 7.18. The summed E-state index contributed by atoms with van der Waals surface area (Å²) in [4.78, 5) is 16.3. The largest absolute Gasteiger partial charge is 0.491 e. The lowest BCUT2D eigenvalue weighted by Crippen LogP contribution is -2.55. The molecule has 1 aliphatic rings. The minimum Gasteiger partial charge on any atom is -0.491 e. The Balaban J connectivity index is 1.61. The highest BCUT2D eigenvalue weighted by Crippen LogP contribution is 2.25. The fourth-order valence-corrected chi connectivity index (χ4v) is 2.39. The summed E-state index contributed by atoms with van der Waals surface area (Å²) in [6.45, 7) is 0.952. The molecule has 3 rings (SSSR count). The number of aliphatic hydroxyl groups is 1. The highest BCUT2D eigenvalue weighted by molar-refractivity contribution is 5.66. The van der Waals surface area contributed by atoms with E-state index in [0.29, 0.717) is 24.7 Å². The van der Waals surface area contributed by atoms with Crippen LogP contribution in [0.4, 0.5) is 4.79 Å². The average molecular weight is 330 g/mol. The standard InChI is InChI=1S/C17H18N2O5/c20-6-7-23-14-3-1-2-12(8-14)13-4-5-16(18-9-13)24-15-10-19(11-15)17(21)22/h1-5,8-9,15,20H,6-7,10-11H2,(H,21,22). The highest BCUT2D eigenvalue weighted by atomic mass is 16.5. The first-order valence-electron chi connectivity index (χ1n) is 7.60. The number of hydrogen-bond acceptors (Lipinski definition) is 5. The van der Waals surface area contributed by atoms with Gasteiger partial charge in [-0.05, 0) is 23.8 Å². The van der Waals surface area contributed by atoms with E-state index in [1.54, 1.807) is 12.3 Å². The topological polar surface area (TPSA) is 92.1 Å². The summed E-state index contributed by atoms with van der Waals surface area (Å²) in [5, 5.41) is 17.6. The Labute approximate surface area is 139 Å². The quantitative estimate of drug-likeness (QED) is 0.840. The van der Waals surface area contributed by atoms with Gasteiger partial charge in [0.25, 0.3) is 0 Å². The number of ether oxygens (including phenoxy) is 2. The van der Waals surface area contributed by atoms with Gasteiger partial charge < -0.3 is 24.6 Å². The Kier molecular flexibility index (Phi) is 4.81. The minimum absolute atomic E-state index is 0.0295. The van der Waals surface area contributed by atoms with Gasteiger partial charge in [0.1, 0.15) is 18.5 Å². The van der Waals surface area contributed by atoms with E-state index in [4.69, 9.17) is 19.7 Å². The predicted octanol–water partition coefficient (Wildman–Crippen LogP) is 1.86. The second-order valence-corrected chi connectivity index (χ2v) is 5.41. The van der Waals surface area contributed by atoms with E-state index in [-0.39, 0.29) is 19.3 Å². The molecule has 1 amide bonds. The molecule has 1 aromatic carbocycles. The average Bonchev–Trinajstić information content (AvgIpc) is 2.56. The number of hydrogen-bond donors (Lipinski definition) is 2. The molecule has 1 aromatic heterocycles. The summed E-state index contributed by atoms with van der Waals surface area (Å²) in [7, 11) is 0. The van der Waals surface area contributed by atoms with Crippen LogP contribution < -0.4 is 9.47 Å². The van der Waals surface area contributed by atoms with Crippen molar-refractivity contribution in [2.45, 2.75) is 6.10 Å². The molecule has 0 bridgehead atoms. The molecule has 0 radical (unpaired) electrons. The third-order valence-electron chi connectivity index (χ3n) is 3.67. The minimum atomic E-state index is -0.929. The van der Waals surface area contributed by atoms with E-state index in [2.05, 4.69) is 4.98 Å². The SMILES string of the molecule is O=C(O)N1CC(Oc2ccc(-c3cccc(OCCO)c3)cn2)C1. The smallest absolute Gasteiger partial charge is 0.407 e. The van der Waals surface area contributed by atoms with Crippen molar-refractivity contribution in [2.75, 3.05) is 26.3 Å². The number of pyridine rings is 1. The van der Waals surface area contributed by atoms with Crippen LogP contribution in [0, 0.1) is 0 Å². The van der Waals surface area contributed by atoms with Gasteiger partial charge in [0.15, 0.2) is 0 Å². The number of carboxylic acid groups (broad SMARTS) is 1. The van der Waals surface area contributed by atoms with Crippen LogP contribution in [0.3, 0.4) is 0 Å². The molecule has 2 aromatic rings. The number of carbonyl (C=O) groups is 1. The monoisotopic (exact) mass is 330 g/mol. The van der Waals surface area contributed by atoms with Crippen molar-refractivity contribution < 1.29 is 24.5 Å². The van der Waals surface area contributed by atoms with Gasteiger partial charge in [0.05, 0.1) is 19.7 Å². The zero-order valence-electron chi connectivity index (χ0n) is 13.0. The summed E-state index contributed by atoms with van der Waals surface area (Å²) < 4.78 is 11.0. The van der Waals surface area contributed by atoms with Crippen molar-refractivity contribution >= 4 is 6.09 Å². The molecule has 1 fully saturated rings. The normalized spacial score (nSPS) is 14.1. The summed E-state index contributed by atoms with van der Waals surface area (Å²) in [5.74, 6) is 1.16. The van der Waals surface area contributed by atoms with Crippen LogP contribution in [-0.2, 0) is 0 Å². The first kappa shape index (κ1) is 16.1. The first-order valence-corrected chi connectivity index (χ1v) is 7.60. The third-order valence-corrected chi connectivity index (χ3v) is 3.67. The molecule has 7 heteroatoms. The van der Waals surface area contributed by atoms with Crippen molar-refractivity contribution in [3.05, 3.63) is 42.6 Å². The number of aromatic nitrogens is 1. The zero-order chi connectivity index (χ0) is 16.9. The molecule has 1 saturated heterocycles. The van der Waals surface area contributed by atoms with Crippen LogP contribution >= 0.6 is 0 Å². The maximum atomic E-state index is 10.7. The van der Waals surface area contributed by atoms with Gasteiger partial charge in [0.2, 0.25) is 5.88 Å². The molecule has 126 valence electrons. The molecule has 0 spiro atoms. The predicted molar refractivity (Wildman–Crippen MR) is 86.3 cm³/mol. The fourth-order valence-electron chi connectivity index (χ4n) is 2.39. The molecule has 1 aliphatic heterocycles. The van der Waals surface area contributed by atoms with E-state index in [0.717, 1.165) is 11.1 Å². The fraction of sp³-hybridized carbons (Fsp3) is 0.294. The van der Waals surface area contributed by atoms with Crippen molar-refractivity contribution in [1.29, 1.82) is 0 Å². The van der Waals surface area contributed by atoms with Crippen LogP contribution in [0.15, 0.2) is 42.6 Å². The number of aliphatic hydroxyl groups excluding tert-OH is 1. The van der Waals surface area contributed by atoms with Gasteiger partial charge in [0, 0.05) is 17.8 Å². The molecule has 24 heavy (non-hydrogen) atoms. The maximum Gasteiger partial charge on any atom is 0.407 e.